The van der Waals surface area contributed by atoms with Gasteiger partial charge < -0.3 is 16.0 Å². The third kappa shape index (κ3) is 7.26. The van der Waals surface area contributed by atoms with Crippen LogP contribution in [0, 0.1) is 0 Å². The van der Waals surface area contributed by atoms with E-state index in [0.717, 1.165) is 32.5 Å². The largest absolute Gasteiger partial charge is 0.318 e. The number of likely N-dealkylation sites (N-methyl/N-ethyl adjacent to an activating group) is 1. The Balaban J connectivity index is 1.84. The van der Waals surface area contributed by atoms with E-state index in [0.29, 0.717) is 12.1 Å². The molecule has 0 spiro atoms. The fourth-order valence-corrected chi connectivity index (χ4v) is 2.90. The first kappa shape index (κ1) is 18.7. The van der Waals surface area contributed by atoms with E-state index in [1.54, 1.807) is 0 Å². The van der Waals surface area contributed by atoms with Gasteiger partial charge in [0.15, 0.2) is 0 Å². The number of rotatable bonds is 11. The zero-order valence-corrected chi connectivity index (χ0v) is 15.0. The van der Waals surface area contributed by atoms with Crippen molar-refractivity contribution >= 4 is 0 Å². The van der Waals surface area contributed by atoms with Crippen molar-refractivity contribution in [2.75, 3.05) is 26.7 Å². The van der Waals surface area contributed by atoms with E-state index in [2.05, 4.69) is 83.5 Å². The summed E-state index contributed by atoms with van der Waals surface area (Å²) >= 11 is 0. The Kier molecular flexibility index (Phi) is 8.53. The summed E-state index contributed by atoms with van der Waals surface area (Å²) in [7, 11) is 2.00. The van der Waals surface area contributed by atoms with Gasteiger partial charge >= 0.3 is 0 Å². The Morgan fingerprint density at radius 1 is 0.792 bits per heavy atom. The Bertz CT molecular complexity index is 542. The average Bonchev–Trinajstić information content (AvgIpc) is 2.61. The van der Waals surface area contributed by atoms with Crippen LogP contribution in [-0.4, -0.2) is 38.8 Å². The highest BCUT2D eigenvalue weighted by Crippen LogP contribution is 2.04. The molecular weight excluding hydrogens is 294 g/mol. The van der Waals surface area contributed by atoms with Gasteiger partial charge in [0.1, 0.15) is 0 Å². The third-order valence-electron chi connectivity index (χ3n) is 4.24. The first-order chi connectivity index (χ1) is 11.8. The van der Waals surface area contributed by atoms with Crippen molar-refractivity contribution in [3.8, 4) is 0 Å². The molecule has 3 N–H and O–H groups in total. The zero-order chi connectivity index (χ0) is 17.0. The van der Waals surface area contributed by atoms with E-state index in [9.17, 15) is 0 Å². The summed E-state index contributed by atoms with van der Waals surface area (Å²) in [5.74, 6) is 0. The minimum atomic E-state index is 0.440. The number of nitrogens with one attached hydrogen (secondary N) is 3. The molecule has 0 unspecified atom stereocenters. The predicted molar refractivity (Wildman–Crippen MR) is 103 cm³/mol. The fraction of sp³-hybridized carbons (Fsp3) is 0.429. The molecule has 0 amide bonds. The summed E-state index contributed by atoms with van der Waals surface area (Å²) < 4.78 is 0. The van der Waals surface area contributed by atoms with E-state index in [1.165, 1.54) is 11.1 Å². The van der Waals surface area contributed by atoms with Gasteiger partial charge in [0, 0.05) is 25.2 Å². The first-order valence-electron chi connectivity index (χ1n) is 8.97. The second-order valence-electron chi connectivity index (χ2n) is 6.44. The van der Waals surface area contributed by atoms with Gasteiger partial charge in [-0.15, -0.1) is 0 Å². The number of benzene rings is 2. The molecule has 0 radical (unpaired) electrons. The smallest absolute Gasteiger partial charge is 0.0233 e. The van der Waals surface area contributed by atoms with Gasteiger partial charge in [0.2, 0.25) is 0 Å². The molecule has 3 heteroatoms. The minimum absolute atomic E-state index is 0.440. The van der Waals surface area contributed by atoms with Crippen molar-refractivity contribution in [1.82, 2.24) is 16.0 Å². The minimum Gasteiger partial charge on any atom is -0.318 e. The lowest BCUT2D eigenvalue weighted by atomic mass is 10.0. The predicted octanol–water partition coefficient (Wildman–Crippen LogP) is 2.63. The molecule has 0 aliphatic rings. The third-order valence-corrected chi connectivity index (χ3v) is 4.24. The standard InChI is InChI=1S/C21H31N3/c1-18(16-22-2)24-17-21(15-20-11-7-4-8-12-20)23-14-13-19-9-5-3-6-10-19/h3-12,18,21-24H,13-17H2,1-2H3/t18-,21-/m0/s1. The lowest BCUT2D eigenvalue weighted by Crippen LogP contribution is -2.45. The van der Waals surface area contributed by atoms with E-state index in [-0.39, 0.29) is 0 Å². The molecule has 0 heterocycles. The van der Waals surface area contributed by atoms with Crippen LogP contribution < -0.4 is 16.0 Å². The number of hydrogen-bond acceptors (Lipinski definition) is 3. The van der Waals surface area contributed by atoms with Crippen LogP contribution in [0.3, 0.4) is 0 Å². The van der Waals surface area contributed by atoms with Gasteiger partial charge in [-0.3, -0.25) is 0 Å². The Morgan fingerprint density at radius 2 is 1.42 bits per heavy atom. The van der Waals surface area contributed by atoms with E-state index in [1.807, 2.05) is 7.05 Å². The van der Waals surface area contributed by atoms with Crippen molar-refractivity contribution in [2.45, 2.75) is 31.8 Å². The van der Waals surface area contributed by atoms with Crippen LogP contribution in [0.15, 0.2) is 60.7 Å². The maximum atomic E-state index is 3.73. The van der Waals surface area contributed by atoms with Gasteiger partial charge in [-0.25, -0.2) is 0 Å². The summed E-state index contributed by atoms with van der Waals surface area (Å²) in [6, 6.07) is 22.3. The lowest BCUT2D eigenvalue weighted by molar-refractivity contribution is 0.433. The van der Waals surface area contributed by atoms with Gasteiger partial charge in [-0.1, -0.05) is 60.7 Å². The number of hydrogen-bond donors (Lipinski definition) is 3. The molecule has 2 rings (SSSR count). The summed E-state index contributed by atoms with van der Waals surface area (Å²) in [6.45, 7) is 5.19. The monoisotopic (exact) mass is 325 g/mol. The Morgan fingerprint density at radius 3 is 2.04 bits per heavy atom. The van der Waals surface area contributed by atoms with Crippen molar-refractivity contribution in [3.63, 3.8) is 0 Å². The SMILES string of the molecule is CNC[C@H](C)NC[C@H](Cc1ccccc1)NCCc1ccccc1. The van der Waals surface area contributed by atoms with Gasteiger partial charge in [0.05, 0.1) is 0 Å². The first-order valence-corrected chi connectivity index (χ1v) is 8.97. The molecule has 0 saturated heterocycles. The highest BCUT2D eigenvalue weighted by molar-refractivity contribution is 5.17. The Labute approximate surface area is 146 Å². The van der Waals surface area contributed by atoms with Crippen molar-refractivity contribution in [3.05, 3.63) is 71.8 Å². The van der Waals surface area contributed by atoms with Gasteiger partial charge in [-0.05, 0) is 44.5 Å². The van der Waals surface area contributed by atoms with Crippen molar-refractivity contribution < 1.29 is 0 Å². The summed E-state index contributed by atoms with van der Waals surface area (Å²) in [6.07, 6.45) is 2.12. The molecule has 3 nitrogen and oxygen atoms in total. The van der Waals surface area contributed by atoms with Crippen LogP contribution in [0.4, 0.5) is 0 Å². The van der Waals surface area contributed by atoms with Crippen molar-refractivity contribution in [2.24, 2.45) is 0 Å². The molecule has 0 aromatic heterocycles. The van der Waals surface area contributed by atoms with Crippen molar-refractivity contribution in [1.29, 1.82) is 0 Å². The van der Waals surface area contributed by atoms with E-state index < -0.39 is 0 Å². The molecule has 2 aromatic carbocycles. The molecule has 0 aliphatic heterocycles. The highest BCUT2D eigenvalue weighted by atomic mass is 15.0. The van der Waals surface area contributed by atoms with Crippen LogP contribution in [0.25, 0.3) is 0 Å². The Hall–Kier alpha value is -1.68. The summed E-state index contributed by atoms with van der Waals surface area (Å²) in [5.41, 5.74) is 2.78. The van der Waals surface area contributed by atoms with Crippen LogP contribution >= 0.6 is 0 Å². The summed E-state index contributed by atoms with van der Waals surface area (Å²) in [5, 5.41) is 10.6. The van der Waals surface area contributed by atoms with E-state index >= 15 is 0 Å². The summed E-state index contributed by atoms with van der Waals surface area (Å²) in [4.78, 5) is 0. The van der Waals surface area contributed by atoms with Crippen LogP contribution in [-0.2, 0) is 12.8 Å². The maximum Gasteiger partial charge on any atom is 0.0233 e. The second-order valence-corrected chi connectivity index (χ2v) is 6.44. The molecule has 130 valence electrons. The molecule has 24 heavy (non-hydrogen) atoms. The normalized spacial score (nSPS) is 13.6. The molecule has 0 bridgehead atoms. The molecule has 0 saturated carbocycles. The van der Waals surface area contributed by atoms with Crippen LogP contribution in [0.1, 0.15) is 18.1 Å². The van der Waals surface area contributed by atoms with Gasteiger partial charge in [-0.2, -0.15) is 0 Å². The topological polar surface area (TPSA) is 36.1 Å². The molecule has 2 atom stereocenters. The highest BCUT2D eigenvalue weighted by Gasteiger charge is 2.10. The molecular formula is C21H31N3. The fourth-order valence-electron chi connectivity index (χ4n) is 2.90. The lowest BCUT2D eigenvalue weighted by Gasteiger charge is -2.22. The zero-order valence-electron chi connectivity index (χ0n) is 15.0. The van der Waals surface area contributed by atoms with Crippen LogP contribution in [0.5, 0.6) is 0 Å². The molecule has 0 fully saturated rings. The second kappa shape index (κ2) is 11.0. The van der Waals surface area contributed by atoms with E-state index in [4.69, 9.17) is 0 Å². The molecule has 2 aromatic rings. The maximum absolute atomic E-state index is 3.73. The van der Waals surface area contributed by atoms with Gasteiger partial charge in [0.25, 0.3) is 0 Å². The average molecular weight is 326 g/mol. The molecule has 0 aliphatic carbocycles. The quantitative estimate of drug-likeness (QED) is 0.594. The van der Waals surface area contributed by atoms with Crippen LogP contribution in [0.2, 0.25) is 0 Å².